The first-order valence-corrected chi connectivity index (χ1v) is 5.56. The van der Waals surface area contributed by atoms with E-state index in [1.54, 1.807) is 7.05 Å². The van der Waals surface area contributed by atoms with Gasteiger partial charge in [0.2, 0.25) is 0 Å². The fourth-order valence-electron chi connectivity index (χ4n) is 1.62. The first kappa shape index (κ1) is 12.4. The molecule has 3 nitrogen and oxygen atoms in total. The molecule has 0 aliphatic heterocycles. The van der Waals surface area contributed by atoms with Crippen LogP contribution in [-0.2, 0) is 7.05 Å². The van der Waals surface area contributed by atoms with Crippen LogP contribution in [0.5, 0.6) is 0 Å². The van der Waals surface area contributed by atoms with Gasteiger partial charge in [0, 0.05) is 12.1 Å². The van der Waals surface area contributed by atoms with Gasteiger partial charge in [0.05, 0.1) is 16.9 Å². The second-order valence-corrected chi connectivity index (χ2v) is 4.45. The summed E-state index contributed by atoms with van der Waals surface area (Å²) in [6.07, 6.45) is 0.351. The lowest BCUT2D eigenvalue weighted by atomic mass is 10.1. The van der Waals surface area contributed by atoms with Crippen LogP contribution in [0, 0.1) is 5.82 Å². The molecule has 17 heavy (non-hydrogen) atoms. The van der Waals surface area contributed by atoms with Crippen LogP contribution in [0.4, 0.5) is 4.39 Å². The van der Waals surface area contributed by atoms with Gasteiger partial charge in [0.25, 0.3) is 0 Å². The number of hydrogen-bond acceptors (Lipinski definition) is 2. The molecule has 0 saturated heterocycles. The molecule has 90 valence electrons. The van der Waals surface area contributed by atoms with Gasteiger partial charge in [0.1, 0.15) is 11.9 Å². The zero-order valence-corrected chi connectivity index (χ0v) is 10.4. The lowest BCUT2D eigenvalue weighted by molar-refractivity contribution is 0.209. The molecule has 1 aromatic carbocycles. The van der Waals surface area contributed by atoms with Gasteiger partial charge in [-0.15, -0.1) is 0 Å². The van der Waals surface area contributed by atoms with E-state index in [9.17, 15) is 9.50 Å². The van der Waals surface area contributed by atoms with Crippen molar-refractivity contribution in [3.05, 3.63) is 51.5 Å². The highest BCUT2D eigenvalue weighted by atomic mass is 35.5. The van der Waals surface area contributed by atoms with Gasteiger partial charge >= 0.3 is 0 Å². The maximum Gasteiger partial charge on any atom is 0.125 e. The number of rotatable bonds is 2. The Bertz CT molecular complexity index is 517. The summed E-state index contributed by atoms with van der Waals surface area (Å²) in [6, 6.07) is 3.86. The van der Waals surface area contributed by atoms with E-state index < -0.39 is 11.9 Å². The lowest BCUT2D eigenvalue weighted by Gasteiger charge is -2.12. The van der Waals surface area contributed by atoms with Crippen LogP contribution in [0.1, 0.15) is 17.4 Å². The van der Waals surface area contributed by atoms with Crippen molar-refractivity contribution in [2.45, 2.75) is 6.10 Å². The Morgan fingerprint density at radius 1 is 1.35 bits per heavy atom. The molecule has 1 atom stereocenters. The Balaban J connectivity index is 2.47. The first-order chi connectivity index (χ1) is 7.99. The molecule has 2 aromatic rings. The number of benzene rings is 1. The van der Waals surface area contributed by atoms with Crippen LogP contribution in [0.3, 0.4) is 0 Å². The molecule has 0 radical (unpaired) electrons. The molecule has 0 aliphatic carbocycles. The third-order valence-corrected chi connectivity index (χ3v) is 2.91. The van der Waals surface area contributed by atoms with E-state index in [1.807, 2.05) is 0 Å². The van der Waals surface area contributed by atoms with Crippen LogP contribution in [-0.4, -0.2) is 14.9 Å². The quantitative estimate of drug-likeness (QED) is 0.915. The third kappa shape index (κ3) is 2.44. The predicted molar refractivity (Wildman–Crippen MR) is 63.7 cm³/mol. The molecule has 1 unspecified atom stereocenters. The fraction of sp³-hybridized carbons (Fsp3) is 0.182. The second-order valence-electron chi connectivity index (χ2n) is 3.61. The van der Waals surface area contributed by atoms with Crippen LogP contribution in [0.2, 0.25) is 10.0 Å². The largest absolute Gasteiger partial charge is 0.382 e. The predicted octanol–water partition coefficient (Wildman–Crippen LogP) is 2.95. The van der Waals surface area contributed by atoms with Crippen molar-refractivity contribution in [3.63, 3.8) is 0 Å². The maximum atomic E-state index is 13.2. The molecule has 2 rings (SSSR count). The van der Waals surface area contributed by atoms with Gasteiger partial charge in [-0.3, -0.25) is 4.68 Å². The van der Waals surface area contributed by atoms with Crippen molar-refractivity contribution in [3.8, 4) is 0 Å². The van der Waals surface area contributed by atoms with Crippen LogP contribution in [0.15, 0.2) is 24.4 Å². The molecule has 1 aromatic heterocycles. The Hall–Kier alpha value is -1.10. The molecule has 1 N–H and O–H groups in total. The van der Waals surface area contributed by atoms with Crippen molar-refractivity contribution in [2.24, 2.45) is 7.05 Å². The minimum absolute atomic E-state index is 0.220. The monoisotopic (exact) mass is 274 g/mol. The number of hydrogen-bond donors (Lipinski definition) is 1. The van der Waals surface area contributed by atoms with Crippen LogP contribution >= 0.6 is 23.2 Å². The van der Waals surface area contributed by atoms with E-state index in [2.05, 4.69) is 5.10 Å². The maximum absolute atomic E-state index is 13.2. The first-order valence-electron chi connectivity index (χ1n) is 4.80. The van der Waals surface area contributed by atoms with Crippen molar-refractivity contribution >= 4 is 23.2 Å². The van der Waals surface area contributed by atoms with E-state index in [4.69, 9.17) is 23.2 Å². The summed E-state index contributed by atoms with van der Waals surface area (Å²) >= 11 is 11.6. The highest BCUT2D eigenvalue weighted by Gasteiger charge is 2.19. The normalized spacial score (nSPS) is 12.8. The van der Waals surface area contributed by atoms with Crippen molar-refractivity contribution < 1.29 is 9.50 Å². The van der Waals surface area contributed by atoms with E-state index in [0.717, 1.165) is 0 Å². The third-order valence-electron chi connectivity index (χ3n) is 2.40. The Kier molecular flexibility index (Phi) is 3.38. The van der Waals surface area contributed by atoms with Crippen LogP contribution < -0.4 is 0 Å². The lowest BCUT2D eigenvalue weighted by Crippen LogP contribution is -2.07. The summed E-state index contributed by atoms with van der Waals surface area (Å²) in [7, 11) is 1.64. The minimum Gasteiger partial charge on any atom is -0.382 e. The standard InChI is InChI=1S/C11H9Cl2FN2O/c1-16-10(9(13)5-15-16)11(17)6-2-7(12)4-8(14)3-6/h2-5,11,17H,1H3. The molecule has 0 spiro atoms. The Morgan fingerprint density at radius 2 is 2.06 bits per heavy atom. The number of aliphatic hydroxyl groups excluding tert-OH is 1. The average molecular weight is 275 g/mol. The molecule has 0 fully saturated rings. The number of aliphatic hydroxyl groups is 1. The van der Waals surface area contributed by atoms with Gasteiger partial charge in [0.15, 0.2) is 0 Å². The highest BCUT2D eigenvalue weighted by molar-refractivity contribution is 6.31. The van der Waals surface area contributed by atoms with Gasteiger partial charge in [-0.2, -0.15) is 5.10 Å². The van der Waals surface area contributed by atoms with E-state index in [1.165, 1.54) is 29.1 Å². The van der Waals surface area contributed by atoms with Crippen molar-refractivity contribution in [1.29, 1.82) is 0 Å². The number of halogens is 3. The SMILES string of the molecule is Cn1ncc(Cl)c1C(O)c1cc(F)cc(Cl)c1. The van der Waals surface area contributed by atoms with Gasteiger partial charge in [-0.1, -0.05) is 23.2 Å². The van der Waals surface area contributed by atoms with Crippen LogP contribution in [0.25, 0.3) is 0 Å². The molecule has 0 amide bonds. The summed E-state index contributed by atoms with van der Waals surface area (Å²) in [4.78, 5) is 0. The Labute approximate surface area is 107 Å². The van der Waals surface area contributed by atoms with Gasteiger partial charge < -0.3 is 5.11 Å². The second kappa shape index (κ2) is 4.64. The molecule has 1 heterocycles. The molecule has 0 saturated carbocycles. The topological polar surface area (TPSA) is 38.0 Å². The molecule has 0 bridgehead atoms. The summed E-state index contributed by atoms with van der Waals surface area (Å²) in [5.74, 6) is -0.509. The smallest absolute Gasteiger partial charge is 0.125 e. The van der Waals surface area contributed by atoms with E-state index >= 15 is 0 Å². The molecule has 6 heteroatoms. The number of aryl methyl sites for hydroxylation is 1. The summed E-state index contributed by atoms with van der Waals surface area (Å²) in [6.45, 7) is 0. The fourth-order valence-corrected chi connectivity index (χ4v) is 2.12. The summed E-state index contributed by atoms with van der Waals surface area (Å²) < 4.78 is 14.6. The minimum atomic E-state index is -1.07. The Morgan fingerprint density at radius 3 is 2.59 bits per heavy atom. The van der Waals surface area contributed by atoms with E-state index in [-0.39, 0.29) is 5.02 Å². The molecular weight excluding hydrogens is 266 g/mol. The number of aromatic nitrogens is 2. The van der Waals surface area contributed by atoms with E-state index in [0.29, 0.717) is 16.3 Å². The number of nitrogens with zero attached hydrogens (tertiary/aromatic N) is 2. The summed E-state index contributed by atoms with van der Waals surface area (Å²) in [5.41, 5.74) is 0.730. The molecule has 0 aliphatic rings. The van der Waals surface area contributed by atoms with Crippen molar-refractivity contribution in [2.75, 3.05) is 0 Å². The average Bonchev–Trinajstić information content (AvgIpc) is 2.56. The zero-order chi connectivity index (χ0) is 12.6. The zero-order valence-electron chi connectivity index (χ0n) is 8.86. The van der Waals surface area contributed by atoms with Crippen molar-refractivity contribution in [1.82, 2.24) is 9.78 Å². The molecular formula is C11H9Cl2FN2O. The highest BCUT2D eigenvalue weighted by Crippen LogP contribution is 2.29. The van der Waals surface area contributed by atoms with Gasteiger partial charge in [-0.05, 0) is 23.8 Å². The summed E-state index contributed by atoms with van der Waals surface area (Å²) in [5, 5.41) is 14.6. The van der Waals surface area contributed by atoms with Gasteiger partial charge in [-0.25, -0.2) is 4.39 Å².